The molecule has 2 aromatic rings. The van der Waals surface area contributed by atoms with Gasteiger partial charge in [0, 0.05) is 42.1 Å². The van der Waals surface area contributed by atoms with Crippen LogP contribution < -0.4 is 16.0 Å². The van der Waals surface area contributed by atoms with Crippen molar-refractivity contribution < 1.29 is 24.2 Å². The van der Waals surface area contributed by atoms with Crippen molar-refractivity contribution in [1.29, 1.82) is 5.41 Å². The van der Waals surface area contributed by atoms with E-state index in [0.717, 1.165) is 25.9 Å². The van der Waals surface area contributed by atoms with Gasteiger partial charge in [0.25, 0.3) is 17.7 Å². The number of ether oxygens (including phenoxy) is 1. The summed E-state index contributed by atoms with van der Waals surface area (Å²) in [5.74, 6) is -1.46. The van der Waals surface area contributed by atoms with E-state index >= 15 is 0 Å². The molecule has 1 unspecified atom stereocenters. The Morgan fingerprint density at radius 2 is 1.65 bits per heavy atom. The number of likely N-dealkylation sites (tertiary alicyclic amines) is 1. The minimum absolute atomic E-state index is 0.0290. The van der Waals surface area contributed by atoms with Crippen molar-refractivity contribution in [3.8, 4) is 0 Å². The third-order valence-electron chi connectivity index (χ3n) is 5.96. The van der Waals surface area contributed by atoms with E-state index in [1.807, 2.05) is 4.90 Å². The third kappa shape index (κ3) is 4.92. The van der Waals surface area contributed by atoms with Crippen LogP contribution in [0.2, 0.25) is 0 Å². The van der Waals surface area contributed by atoms with E-state index < -0.39 is 24.0 Å². The number of hydrogen-bond acceptors (Lipinski definition) is 6. The Morgan fingerprint density at radius 3 is 2.26 bits per heavy atom. The Hall–Kier alpha value is -3.76. The number of morpholine rings is 1. The fourth-order valence-electron chi connectivity index (χ4n) is 4.06. The summed E-state index contributed by atoms with van der Waals surface area (Å²) >= 11 is 0. The quantitative estimate of drug-likeness (QED) is 0.368. The molecule has 0 aromatic heterocycles. The number of carbonyl (C=O) groups is 3. The second-order valence-corrected chi connectivity index (χ2v) is 8.25. The number of rotatable bonds is 6. The molecule has 178 valence electrons. The number of nitrogen functional groups attached to an aromatic ring is 1. The lowest BCUT2D eigenvalue weighted by Gasteiger charge is -2.34. The topological polar surface area (TPSA) is 149 Å². The molecule has 5 N–H and O–H groups in total. The van der Waals surface area contributed by atoms with Crippen LogP contribution in [0, 0.1) is 5.41 Å². The second-order valence-electron chi connectivity index (χ2n) is 8.25. The van der Waals surface area contributed by atoms with Gasteiger partial charge >= 0.3 is 0 Å². The first-order chi connectivity index (χ1) is 16.3. The zero-order chi connectivity index (χ0) is 24.2. The van der Waals surface area contributed by atoms with Crippen LogP contribution in [0.25, 0.3) is 0 Å². The number of anilines is 2. The molecule has 10 nitrogen and oxygen atoms in total. The fraction of sp³-hybridized carbons (Fsp3) is 0.333. The Morgan fingerprint density at radius 1 is 1.03 bits per heavy atom. The molecular weight excluding hydrogens is 438 g/mol. The molecule has 10 heteroatoms. The van der Waals surface area contributed by atoms with E-state index in [4.69, 9.17) is 15.9 Å². The van der Waals surface area contributed by atoms with E-state index in [9.17, 15) is 19.5 Å². The van der Waals surface area contributed by atoms with Gasteiger partial charge in [0.1, 0.15) is 5.84 Å². The number of hydrogen-bond donors (Lipinski definition) is 4. The molecule has 2 atom stereocenters. The lowest BCUT2D eigenvalue weighted by Crippen LogP contribution is -2.55. The van der Waals surface area contributed by atoms with E-state index in [-0.39, 0.29) is 24.9 Å². The second kappa shape index (κ2) is 10.0. The molecule has 0 spiro atoms. The Labute approximate surface area is 196 Å². The standard InChI is InChI=1S/C24H27N5O5/c25-21(26)15-3-7-17(8-4-15)27-22(31)19(30)20-24(33)29(13-14-34-20)18-9-5-16(6-10-18)23(32)28-11-1-2-12-28/h3-10,19-20,30H,1-2,11-14H2,(H3,25,26)(H,27,31)/t19?,20-/m1/s1. The number of benzene rings is 2. The van der Waals surface area contributed by atoms with Gasteiger partial charge in [-0.25, -0.2) is 0 Å². The zero-order valence-electron chi connectivity index (χ0n) is 18.6. The van der Waals surface area contributed by atoms with E-state index in [2.05, 4.69) is 5.32 Å². The summed E-state index contributed by atoms with van der Waals surface area (Å²) in [7, 11) is 0. The van der Waals surface area contributed by atoms with Gasteiger partial charge in [-0.2, -0.15) is 0 Å². The number of amides is 3. The van der Waals surface area contributed by atoms with E-state index in [0.29, 0.717) is 22.5 Å². The Bertz CT molecular complexity index is 1080. The molecule has 2 aromatic carbocycles. The highest BCUT2D eigenvalue weighted by atomic mass is 16.5. The smallest absolute Gasteiger partial charge is 0.259 e. The third-order valence-corrected chi connectivity index (χ3v) is 5.96. The van der Waals surface area contributed by atoms with Crippen LogP contribution in [-0.4, -0.2) is 72.0 Å². The largest absolute Gasteiger partial charge is 0.384 e. The molecule has 2 aliphatic rings. The summed E-state index contributed by atoms with van der Waals surface area (Å²) < 4.78 is 5.44. The molecular formula is C24H27N5O5. The van der Waals surface area contributed by atoms with Gasteiger partial charge in [-0.1, -0.05) is 0 Å². The molecule has 2 heterocycles. The first-order valence-corrected chi connectivity index (χ1v) is 11.1. The van der Waals surface area contributed by atoms with Gasteiger partial charge in [0.2, 0.25) is 0 Å². The molecule has 0 aliphatic carbocycles. The first kappa shape index (κ1) is 23.4. The normalized spacial score (nSPS) is 19.1. The molecule has 4 rings (SSSR count). The molecule has 0 bridgehead atoms. The maximum atomic E-state index is 13.0. The van der Waals surface area contributed by atoms with Crippen molar-refractivity contribution >= 4 is 34.9 Å². The van der Waals surface area contributed by atoms with Crippen LogP contribution in [-0.2, 0) is 14.3 Å². The van der Waals surface area contributed by atoms with Gasteiger partial charge in [-0.05, 0) is 61.4 Å². The highest BCUT2D eigenvalue weighted by molar-refractivity contribution is 6.04. The SMILES string of the molecule is N=C(N)c1ccc(NC(=O)C(O)[C@H]2OCCN(c3ccc(C(=O)N4CCCC4)cc3)C2=O)cc1. The highest BCUT2D eigenvalue weighted by Gasteiger charge is 2.39. The summed E-state index contributed by atoms with van der Waals surface area (Å²) in [5.41, 5.74) is 7.41. The van der Waals surface area contributed by atoms with Gasteiger partial charge in [0.05, 0.1) is 6.61 Å². The maximum Gasteiger partial charge on any atom is 0.259 e. The van der Waals surface area contributed by atoms with Crippen LogP contribution in [0.5, 0.6) is 0 Å². The number of nitrogens with zero attached hydrogens (tertiary/aromatic N) is 2. The predicted octanol–water partition coefficient (Wildman–Crippen LogP) is 0.938. The number of aliphatic hydroxyl groups is 1. The maximum absolute atomic E-state index is 13.0. The lowest BCUT2D eigenvalue weighted by atomic mass is 10.1. The van der Waals surface area contributed by atoms with Crippen molar-refractivity contribution in [2.24, 2.45) is 5.73 Å². The fourth-order valence-corrected chi connectivity index (χ4v) is 4.06. The van der Waals surface area contributed by atoms with Crippen molar-refractivity contribution in [2.75, 3.05) is 36.5 Å². The molecule has 2 fully saturated rings. The van der Waals surface area contributed by atoms with Crippen LogP contribution in [0.4, 0.5) is 11.4 Å². The van der Waals surface area contributed by atoms with Crippen LogP contribution in [0.3, 0.4) is 0 Å². The summed E-state index contributed by atoms with van der Waals surface area (Å²) in [6.07, 6.45) is -1.07. The van der Waals surface area contributed by atoms with Crippen LogP contribution >= 0.6 is 0 Å². The summed E-state index contributed by atoms with van der Waals surface area (Å²) in [4.78, 5) is 41.4. The zero-order valence-corrected chi connectivity index (χ0v) is 18.6. The molecule has 0 saturated carbocycles. The lowest BCUT2D eigenvalue weighted by molar-refractivity contribution is -0.150. The van der Waals surface area contributed by atoms with Gasteiger partial charge in [-0.15, -0.1) is 0 Å². The van der Waals surface area contributed by atoms with Crippen molar-refractivity contribution in [3.63, 3.8) is 0 Å². The monoisotopic (exact) mass is 465 g/mol. The average molecular weight is 466 g/mol. The minimum Gasteiger partial charge on any atom is -0.384 e. The van der Waals surface area contributed by atoms with Gasteiger partial charge in [-0.3, -0.25) is 19.8 Å². The molecule has 0 radical (unpaired) electrons. The summed E-state index contributed by atoms with van der Waals surface area (Å²) in [6.45, 7) is 1.91. The van der Waals surface area contributed by atoms with E-state index in [1.165, 1.54) is 4.90 Å². The number of carbonyl (C=O) groups excluding carboxylic acids is 3. The van der Waals surface area contributed by atoms with Gasteiger partial charge in [0.15, 0.2) is 12.2 Å². The van der Waals surface area contributed by atoms with Crippen LogP contribution in [0.1, 0.15) is 28.8 Å². The molecule has 2 aliphatic heterocycles. The van der Waals surface area contributed by atoms with E-state index in [1.54, 1.807) is 48.5 Å². The first-order valence-electron chi connectivity index (χ1n) is 11.1. The van der Waals surface area contributed by atoms with Crippen molar-refractivity contribution in [1.82, 2.24) is 4.90 Å². The van der Waals surface area contributed by atoms with Crippen LogP contribution in [0.15, 0.2) is 48.5 Å². The predicted molar refractivity (Wildman–Crippen MR) is 126 cm³/mol. The molecule has 34 heavy (non-hydrogen) atoms. The number of amidine groups is 1. The average Bonchev–Trinajstić information content (AvgIpc) is 3.39. The Kier molecular flexibility index (Phi) is 6.90. The number of nitrogens with two attached hydrogens (primary N) is 1. The van der Waals surface area contributed by atoms with Gasteiger partial charge < -0.3 is 30.7 Å². The highest BCUT2D eigenvalue weighted by Crippen LogP contribution is 2.23. The van der Waals surface area contributed by atoms with Crippen molar-refractivity contribution in [3.05, 3.63) is 59.7 Å². The number of nitrogens with one attached hydrogen (secondary N) is 2. The number of aliphatic hydroxyl groups excluding tert-OH is 1. The summed E-state index contributed by atoms with van der Waals surface area (Å²) in [6, 6.07) is 13.0. The minimum atomic E-state index is -1.72. The summed E-state index contributed by atoms with van der Waals surface area (Å²) in [5, 5.41) is 20.5. The Balaban J connectivity index is 1.41. The molecule has 2 saturated heterocycles. The van der Waals surface area contributed by atoms with Crippen molar-refractivity contribution in [2.45, 2.75) is 25.0 Å². The molecule has 3 amide bonds.